The van der Waals surface area contributed by atoms with Crippen molar-refractivity contribution in [3.05, 3.63) is 215 Å². The Morgan fingerprint density at radius 3 is 1.78 bits per heavy atom. The minimum absolute atomic E-state index is 0.0463. The van der Waals surface area contributed by atoms with Gasteiger partial charge in [0.05, 0.1) is 28.1 Å². The monoisotopic (exact) mass is 1030 g/mol. The second kappa shape index (κ2) is 20.4. The van der Waals surface area contributed by atoms with E-state index in [-0.39, 0.29) is 16.6 Å². The molecule has 0 unspecified atom stereocenters. The molecule has 2 aromatic heterocycles. The third-order valence-corrected chi connectivity index (χ3v) is 16.0. The Morgan fingerprint density at radius 2 is 1.14 bits per heavy atom. The molecule has 0 saturated heterocycles. The van der Waals surface area contributed by atoms with Crippen LogP contribution in [-0.2, 0) is 23.7 Å². The summed E-state index contributed by atoms with van der Waals surface area (Å²) in [5, 5.41) is 2.30. The number of hydrogen-bond donors (Lipinski definition) is 0. The molecule has 0 radical (unpaired) electrons. The molecular weight excluding hydrogens is 956 g/mol. The Bertz CT molecular complexity index is 3840. The molecule has 78 heavy (non-hydrogen) atoms. The number of aryl methyl sites for hydroxylation is 2. The molecule has 8 aromatic carbocycles. The predicted molar refractivity (Wildman–Crippen MR) is 328 cm³/mol. The fourth-order valence-electron chi connectivity index (χ4n) is 11.5. The van der Waals surface area contributed by atoms with Crippen LogP contribution in [0.25, 0.3) is 61.0 Å². The fourth-order valence-corrected chi connectivity index (χ4v) is 11.5. The summed E-state index contributed by atoms with van der Waals surface area (Å²) in [6, 6.07) is 60.7. The maximum Gasteiger partial charge on any atom is 0.137 e. The third-order valence-electron chi connectivity index (χ3n) is 16.0. The molecule has 3 heterocycles. The molecular formula is C72H73FN4O. The van der Waals surface area contributed by atoms with E-state index in [1.165, 1.54) is 49.9 Å². The second-order valence-corrected chi connectivity index (χ2v) is 24.0. The first-order valence-corrected chi connectivity index (χ1v) is 28.1. The summed E-state index contributed by atoms with van der Waals surface area (Å²) in [5.41, 5.74) is 20.6. The van der Waals surface area contributed by atoms with Crippen LogP contribution in [0.15, 0.2) is 176 Å². The zero-order valence-electron chi connectivity index (χ0n) is 47.6. The fraction of sp³-hybridized carbons (Fsp3) is 0.264. The lowest BCUT2D eigenvalue weighted by Gasteiger charge is -2.31. The summed E-state index contributed by atoms with van der Waals surface area (Å²) in [4.78, 5) is 9.91. The van der Waals surface area contributed by atoms with Crippen LogP contribution in [0.4, 0.5) is 27.1 Å². The number of fused-ring (bicyclic) bond motifs is 4. The lowest BCUT2D eigenvalue weighted by atomic mass is 9.81. The Balaban J connectivity index is 1.11. The highest BCUT2D eigenvalue weighted by Gasteiger charge is 2.34. The molecule has 0 bridgehead atoms. The Kier molecular flexibility index (Phi) is 13.7. The number of para-hydroxylation sites is 3. The summed E-state index contributed by atoms with van der Waals surface area (Å²) in [5.74, 6) is 2.77. The van der Waals surface area contributed by atoms with E-state index in [0.717, 1.165) is 91.6 Å². The van der Waals surface area contributed by atoms with Crippen molar-refractivity contribution in [3.63, 3.8) is 0 Å². The van der Waals surface area contributed by atoms with Gasteiger partial charge in [0.1, 0.15) is 29.8 Å². The number of halogens is 1. The second-order valence-electron chi connectivity index (χ2n) is 24.0. The van der Waals surface area contributed by atoms with Gasteiger partial charge < -0.3 is 14.5 Å². The van der Waals surface area contributed by atoms with Gasteiger partial charge in [-0.15, -0.1) is 0 Å². The van der Waals surface area contributed by atoms with E-state index in [1.54, 1.807) is 12.1 Å². The summed E-state index contributed by atoms with van der Waals surface area (Å²) < 4.78 is 24.4. The van der Waals surface area contributed by atoms with Crippen LogP contribution in [0.1, 0.15) is 128 Å². The van der Waals surface area contributed by atoms with Gasteiger partial charge in [0, 0.05) is 45.9 Å². The van der Waals surface area contributed by atoms with Gasteiger partial charge in [-0.25, -0.2) is 9.37 Å². The van der Waals surface area contributed by atoms with Gasteiger partial charge in [-0.3, -0.25) is 4.57 Å². The molecule has 0 spiro atoms. The summed E-state index contributed by atoms with van der Waals surface area (Å²) in [6.07, 6.45) is 3.72. The summed E-state index contributed by atoms with van der Waals surface area (Å²) in [6.45, 7) is 27.7. The SMILES string of the molecule is CCc1cccc(CC)c1-c1cc(Oc2ccc3c4ccccc4n(-c4cc(C(C)(C)C)ccn4)c3c2)cc(N2CN(c3c(-c4ccc(F)cc4)cc(C(C)(C)C)cc3-c3cc(C(C)C)cc(C(C)C)c3)c3ccccc32)c1. The molecule has 1 aliphatic rings. The number of nitrogens with zero attached hydrogens (tertiary/aromatic N) is 4. The molecule has 0 N–H and O–H groups in total. The average Bonchev–Trinajstić information content (AvgIpc) is 4.18. The molecule has 1 aliphatic heterocycles. The first-order valence-electron chi connectivity index (χ1n) is 28.1. The number of anilines is 4. The maximum atomic E-state index is 14.9. The van der Waals surface area contributed by atoms with Gasteiger partial charge in [-0.1, -0.05) is 162 Å². The van der Waals surface area contributed by atoms with E-state index in [4.69, 9.17) is 9.72 Å². The quantitative estimate of drug-likeness (QED) is 0.122. The van der Waals surface area contributed by atoms with E-state index < -0.39 is 0 Å². The molecule has 0 amide bonds. The van der Waals surface area contributed by atoms with Crippen LogP contribution in [0, 0.1) is 5.82 Å². The number of aromatic nitrogens is 2. The van der Waals surface area contributed by atoms with E-state index >= 15 is 0 Å². The molecule has 394 valence electrons. The van der Waals surface area contributed by atoms with Gasteiger partial charge in [0.15, 0.2) is 0 Å². The molecule has 10 aromatic rings. The number of benzene rings is 8. The van der Waals surface area contributed by atoms with E-state index in [0.29, 0.717) is 18.5 Å². The van der Waals surface area contributed by atoms with Crippen molar-refractivity contribution in [1.29, 1.82) is 0 Å². The Labute approximate surface area is 462 Å². The molecule has 6 heteroatoms. The van der Waals surface area contributed by atoms with Crippen LogP contribution < -0.4 is 14.5 Å². The summed E-state index contributed by atoms with van der Waals surface area (Å²) >= 11 is 0. The maximum absolute atomic E-state index is 14.9. The summed E-state index contributed by atoms with van der Waals surface area (Å²) in [7, 11) is 0. The normalized spacial score (nSPS) is 12.9. The van der Waals surface area contributed by atoms with Crippen molar-refractivity contribution in [2.75, 3.05) is 16.5 Å². The lowest BCUT2D eigenvalue weighted by molar-refractivity contribution is 0.483. The molecule has 5 nitrogen and oxygen atoms in total. The van der Waals surface area contributed by atoms with Gasteiger partial charge >= 0.3 is 0 Å². The lowest BCUT2D eigenvalue weighted by Crippen LogP contribution is -2.25. The van der Waals surface area contributed by atoms with Crippen molar-refractivity contribution in [3.8, 4) is 50.7 Å². The zero-order chi connectivity index (χ0) is 54.8. The van der Waals surface area contributed by atoms with Crippen molar-refractivity contribution < 1.29 is 9.13 Å². The minimum Gasteiger partial charge on any atom is -0.457 e. The first kappa shape index (κ1) is 52.1. The highest BCUT2D eigenvalue weighted by Crippen LogP contribution is 2.53. The molecule has 0 saturated carbocycles. The van der Waals surface area contributed by atoms with Crippen LogP contribution in [0.5, 0.6) is 11.5 Å². The number of pyridine rings is 1. The average molecular weight is 1030 g/mol. The van der Waals surface area contributed by atoms with E-state index in [9.17, 15) is 4.39 Å². The van der Waals surface area contributed by atoms with Crippen molar-refractivity contribution in [2.24, 2.45) is 0 Å². The van der Waals surface area contributed by atoms with Gasteiger partial charge in [0.2, 0.25) is 0 Å². The van der Waals surface area contributed by atoms with Crippen molar-refractivity contribution in [2.45, 2.75) is 119 Å². The van der Waals surface area contributed by atoms with Gasteiger partial charge in [-0.05, 0) is 170 Å². The minimum atomic E-state index is -0.254. The Morgan fingerprint density at radius 1 is 0.526 bits per heavy atom. The van der Waals surface area contributed by atoms with Crippen molar-refractivity contribution >= 4 is 44.6 Å². The smallest absolute Gasteiger partial charge is 0.137 e. The van der Waals surface area contributed by atoms with Crippen molar-refractivity contribution in [1.82, 2.24) is 9.55 Å². The number of rotatable bonds is 12. The molecule has 11 rings (SSSR count). The predicted octanol–water partition coefficient (Wildman–Crippen LogP) is 20.3. The number of ether oxygens (including phenoxy) is 1. The van der Waals surface area contributed by atoms with Gasteiger partial charge in [-0.2, -0.15) is 0 Å². The van der Waals surface area contributed by atoms with Crippen LogP contribution >= 0.6 is 0 Å². The highest BCUT2D eigenvalue weighted by atomic mass is 19.1. The number of hydrogen-bond acceptors (Lipinski definition) is 4. The zero-order valence-corrected chi connectivity index (χ0v) is 47.6. The standard InChI is InChI=1S/C72H73FN4O/c1-13-47-20-19-21-48(14-2)69(47)53-37-57(42-59(38-53)78-58-30-31-61-60-22-15-16-23-64(60)77(67(61)43-58)68-41-54(32-33-74-68)71(7,8)9)75-44-76(66-25-18-17-24-65(66)75)70-62(49-26-28-56(73)29-27-49)39-55(72(10,11)12)40-63(70)52-35-50(45(3)4)34-51(36-52)46(5)6/h15-43,45-46H,13-14,44H2,1-12H3. The Hall–Kier alpha value is -7.96. The van der Waals surface area contributed by atoms with Crippen LogP contribution in [0.2, 0.25) is 0 Å². The first-order chi connectivity index (χ1) is 37.4. The van der Waals surface area contributed by atoms with E-state index in [1.807, 2.05) is 18.3 Å². The molecule has 0 fully saturated rings. The van der Waals surface area contributed by atoms with Crippen LogP contribution in [0.3, 0.4) is 0 Å². The van der Waals surface area contributed by atoms with Gasteiger partial charge in [0.25, 0.3) is 0 Å². The molecule has 0 atom stereocenters. The van der Waals surface area contributed by atoms with E-state index in [2.05, 4.69) is 243 Å². The molecule has 0 aliphatic carbocycles. The topological polar surface area (TPSA) is 33.5 Å². The van der Waals surface area contributed by atoms with Crippen LogP contribution in [-0.4, -0.2) is 16.2 Å². The highest BCUT2D eigenvalue weighted by molar-refractivity contribution is 6.09. The third kappa shape index (κ3) is 9.76. The largest absolute Gasteiger partial charge is 0.457 e.